The summed E-state index contributed by atoms with van der Waals surface area (Å²) in [6.45, 7) is 0. The lowest BCUT2D eigenvalue weighted by Crippen LogP contribution is -2.23. The number of rotatable bonds is 5. The van der Waals surface area contributed by atoms with Crippen LogP contribution in [0.2, 0.25) is 0 Å². The third-order valence-electron chi connectivity index (χ3n) is 3.68. The Balaban J connectivity index is 1.82. The van der Waals surface area contributed by atoms with Gasteiger partial charge in [-0.25, -0.2) is 4.79 Å². The average Bonchev–Trinajstić information content (AvgIpc) is 3.06. The Bertz CT molecular complexity index is 695. The van der Waals surface area contributed by atoms with E-state index in [2.05, 4.69) is 10.2 Å². The summed E-state index contributed by atoms with van der Waals surface area (Å²) < 4.78 is 11.5. The largest absolute Gasteiger partial charge is 0.493 e. The van der Waals surface area contributed by atoms with Crippen molar-refractivity contribution in [3.05, 3.63) is 30.0 Å². The molecule has 1 aromatic heterocycles. The van der Waals surface area contributed by atoms with Crippen LogP contribution >= 0.6 is 11.8 Å². The van der Waals surface area contributed by atoms with Crippen LogP contribution in [0.5, 0.6) is 11.5 Å². The summed E-state index contributed by atoms with van der Waals surface area (Å²) in [5, 5.41) is 15.5. The van der Waals surface area contributed by atoms with E-state index in [0.29, 0.717) is 17.2 Å². The monoisotopic (exact) mass is 334 g/mol. The fourth-order valence-corrected chi connectivity index (χ4v) is 3.52. The van der Waals surface area contributed by atoms with E-state index in [-0.39, 0.29) is 11.8 Å². The number of carboxylic acids is 1. The number of aromatic carboxylic acids is 1. The van der Waals surface area contributed by atoms with Gasteiger partial charge in [-0.2, -0.15) is 16.9 Å². The minimum Gasteiger partial charge on any atom is -0.493 e. The first-order chi connectivity index (χ1) is 11.2. The van der Waals surface area contributed by atoms with E-state index in [1.54, 1.807) is 7.11 Å². The second-order valence-corrected chi connectivity index (χ2v) is 6.44. The zero-order valence-electron chi connectivity index (χ0n) is 12.7. The van der Waals surface area contributed by atoms with Crippen LogP contribution in [0, 0.1) is 0 Å². The molecular formula is C16H18N2O4S. The number of nitrogens with one attached hydrogen (secondary N) is 1. The summed E-state index contributed by atoms with van der Waals surface area (Å²) in [4.78, 5) is 10.9. The standard InChI is InChI=1S/C16H18N2O4S/c1-21-15-7-10(12-8-13(16(19)20)18-17-12)4-5-14(15)22-11-3-2-6-23-9-11/h4-5,7-8,11H,2-3,6,9H2,1H3,(H,17,18)(H,19,20). The maximum Gasteiger partial charge on any atom is 0.353 e. The van der Waals surface area contributed by atoms with Crippen LogP contribution in [0.4, 0.5) is 0 Å². The first kappa shape index (κ1) is 15.7. The molecule has 0 saturated carbocycles. The first-order valence-corrected chi connectivity index (χ1v) is 8.54. The molecule has 0 amide bonds. The Morgan fingerprint density at radius 3 is 2.91 bits per heavy atom. The van der Waals surface area contributed by atoms with E-state index < -0.39 is 5.97 Å². The summed E-state index contributed by atoms with van der Waals surface area (Å²) in [7, 11) is 1.59. The zero-order valence-corrected chi connectivity index (χ0v) is 13.6. The number of thioether (sulfide) groups is 1. The normalized spacial score (nSPS) is 17.7. The SMILES string of the molecule is COc1cc(-c2cc(C(=O)O)[nH]n2)ccc1OC1CCCSC1. The lowest BCUT2D eigenvalue weighted by atomic mass is 10.1. The summed E-state index contributed by atoms with van der Waals surface area (Å²) in [6, 6.07) is 7.01. The number of hydrogen-bond acceptors (Lipinski definition) is 5. The van der Waals surface area contributed by atoms with Crippen LogP contribution in [0.3, 0.4) is 0 Å². The Hall–Kier alpha value is -2.15. The number of hydrogen-bond donors (Lipinski definition) is 2. The van der Waals surface area contributed by atoms with Gasteiger partial charge in [0.25, 0.3) is 0 Å². The highest BCUT2D eigenvalue weighted by Gasteiger charge is 2.18. The molecule has 0 aliphatic carbocycles. The molecule has 1 aromatic carbocycles. The minimum absolute atomic E-state index is 0.0542. The Labute approximate surface area is 138 Å². The molecule has 2 heterocycles. The van der Waals surface area contributed by atoms with Crippen molar-refractivity contribution in [2.45, 2.75) is 18.9 Å². The molecule has 1 saturated heterocycles. The molecule has 0 bridgehead atoms. The molecule has 0 spiro atoms. The second kappa shape index (κ2) is 6.95. The van der Waals surface area contributed by atoms with Gasteiger partial charge in [-0.3, -0.25) is 5.10 Å². The summed E-state index contributed by atoms with van der Waals surface area (Å²) in [5.74, 6) is 2.48. The molecule has 1 aliphatic heterocycles. The van der Waals surface area contributed by atoms with Crippen molar-refractivity contribution in [2.75, 3.05) is 18.6 Å². The number of benzene rings is 1. The molecular weight excluding hydrogens is 316 g/mol. The number of ether oxygens (including phenoxy) is 2. The van der Waals surface area contributed by atoms with Gasteiger partial charge in [-0.05, 0) is 42.9 Å². The zero-order chi connectivity index (χ0) is 16.2. The molecule has 23 heavy (non-hydrogen) atoms. The highest BCUT2D eigenvalue weighted by atomic mass is 32.2. The number of H-pyrrole nitrogens is 1. The van der Waals surface area contributed by atoms with E-state index in [1.165, 1.54) is 18.2 Å². The fraction of sp³-hybridized carbons (Fsp3) is 0.375. The number of carbonyl (C=O) groups is 1. The van der Waals surface area contributed by atoms with Crippen LogP contribution in [-0.2, 0) is 0 Å². The maximum absolute atomic E-state index is 10.9. The Morgan fingerprint density at radius 2 is 2.26 bits per heavy atom. The molecule has 7 heteroatoms. The lowest BCUT2D eigenvalue weighted by Gasteiger charge is -2.23. The van der Waals surface area contributed by atoms with Gasteiger partial charge in [0.05, 0.1) is 12.8 Å². The molecule has 2 N–H and O–H groups in total. The van der Waals surface area contributed by atoms with Crippen LogP contribution in [0.1, 0.15) is 23.3 Å². The highest BCUT2D eigenvalue weighted by molar-refractivity contribution is 7.99. The predicted octanol–water partition coefficient (Wildman–Crippen LogP) is 3.06. The van der Waals surface area contributed by atoms with E-state index in [0.717, 1.165) is 17.7 Å². The van der Waals surface area contributed by atoms with Crippen molar-refractivity contribution in [1.82, 2.24) is 10.2 Å². The number of aromatic nitrogens is 2. The molecule has 3 rings (SSSR count). The van der Waals surface area contributed by atoms with Gasteiger partial charge >= 0.3 is 5.97 Å². The topological polar surface area (TPSA) is 84.4 Å². The summed E-state index contributed by atoms with van der Waals surface area (Å²) in [5.41, 5.74) is 1.38. The molecule has 1 atom stereocenters. The van der Waals surface area contributed by atoms with Gasteiger partial charge in [0, 0.05) is 11.3 Å². The van der Waals surface area contributed by atoms with Crippen molar-refractivity contribution in [1.29, 1.82) is 0 Å². The van der Waals surface area contributed by atoms with Crippen LogP contribution < -0.4 is 9.47 Å². The van der Waals surface area contributed by atoms with Crippen molar-refractivity contribution in [3.8, 4) is 22.8 Å². The van der Waals surface area contributed by atoms with Gasteiger partial charge in [0.15, 0.2) is 11.5 Å². The van der Waals surface area contributed by atoms with Gasteiger partial charge in [-0.15, -0.1) is 0 Å². The lowest BCUT2D eigenvalue weighted by molar-refractivity contribution is 0.0690. The number of aromatic amines is 1. The molecule has 0 radical (unpaired) electrons. The van der Waals surface area contributed by atoms with Crippen LogP contribution in [-0.4, -0.2) is 46.0 Å². The summed E-state index contributed by atoms with van der Waals surface area (Å²) >= 11 is 1.91. The second-order valence-electron chi connectivity index (χ2n) is 5.29. The number of carboxylic acid groups (broad SMARTS) is 1. The molecule has 1 aliphatic rings. The van der Waals surface area contributed by atoms with E-state index in [4.69, 9.17) is 14.6 Å². The molecule has 1 unspecified atom stereocenters. The third kappa shape index (κ3) is 3.61. The number of nitrogens with zero attached hydrogens (tertiary/aromatic N) is 1. The van der Waals surface area contributed by atoms with Gasteiger partial charge in [-0.1, -0.05) is 0 Å². The minimum atomic E-state index is -1.04. The van der Waals surface area contributed by atoms with E-state index in [1.807, 2.05) is 30.0 Å². The van der Waals surface area contributed by atoms with Crippen molar-refractivity contribution in [3.63, 3.8) is 0 Å². The molecule has 122 valence electrons. The Morgan fingerprint density at radius 1 is 1.39 bits per heavy atom. The molecule has 1 fully saturated rings. The maximum atomic E-state index is 10.9. The average molecular weight is 334 g/mol. The Kier molecular flexibility index (Phi) is 4.76. The molecule has 2 aromatic rings. The van der Waals surface area contributed by atoms with E-state index >= 15 is 0 Å². The smallest absolute Gasteiger partial charge is 0.353 e. The van der Waals surface area contributed by atoms with Crippen molar-refractivity contribution < 1.29 is 19.4 Å². The van der Waals surface area contributed by atoms with Crippen molar-refractivity contribution >= 4 is 17.7 Å². The molecule has 6 nitrogen and oxygen atoms in total. The number of methoxy groups -OCH3 is 1. The van der Waals surface area contributed by atoms with E-state index in [9.17, 15) is 4.79 Å². The predicted molar refractivity (Wildman–Crippen MR) is 88.5 cm³/mol. The van der Waals surface area contributed by atoms with Crippen LogP contribution in [0.15, 0.2) is 24.3 Å². The fourth-order valence-electron chi connectivity index (χ4n) is 2.49. The van der Waals surface area contributed by atoms with Crippen molar-refractivity contribution in [2.24, 2.45) is 0 Å². The third-order valence-corrected chi connectivity index (χ3v) is 4.86. The summed E-state index contributed by atoms with van der Waals surface area (Å²) in [6.07, 6.45) is 2.43. The van der Waals surface area contributed by atoms with Gasteiger partial charge < -0.3 is 14.6 Å². The quantitative estimate of drug-likeness (QED) is 0.874. The van der Waals surface area contributed by atoms with Gasteiger partial charge in [0.2, 0.25) is 0 Å². The first-order valence-electron chi connectivity index (χ1n) is 7.39. The van der Waals surface area contributed by atoms with Crippen LogP contribution in [0.25, 0.3) is 11.3 Å². The highest BCUT2D eigenvalue weighted by Crippen LogP contribution is 2.34. The van der Waals surface area contributed by atoms with Gasteiger partial charge in [0.1, 0.15) is 11.8 Å².